The molecule has 1 unspecified atom stereocenters. The first-order chi connectivity index (χ1) is 41.4. The van der Waals surface area contributed by atoms with Crippen LogP contribution in [0.2, 0.25) is 0 Å². The Labute approximate surface area is 531 Å². The number of carbonyl (C=O) groups excluding carboxylic acids is 7. The number of likely N-dealkylation sites (tertiary alicyclic amines) is 3. The van der Waals surface area contributed by atoms with Crippen molar-refractivity contribution in [2.75, 3.05) is 70.8 Å². The number of benzene rings is 2. The first kappa shape index (κ1) is 71.5. The second-order valence-electron chi connectivity index (χ2n) is 30.6. The maximum absolute atomic E-state index is 15.0. The Balaban J connectivity index is 1.24. The lowest BCUT2D eigenvalue weighted by Gasteiger charge is -2.29. The molecule has 3 saturated heterocycles. The normalized spacial score (nSPS) is 20.1. The number of hydrogen-bond acceptors (Lipinski definition) is 14. The first-order valence-electron chi connectivity index (χ1n) is 32.5. The second-order valence-corrected chi connectivity index (χ2v) is 30.6. The molecular formula is C71H107N5O13. The van der Waals surface area contributed by atoms with E-state index in [4.69, 9.17) is 28.4 Å². The van der Waals surface area contributed by atoms with E-state index in [-0.39, 0.29) is 59.8 Å². The molecule has 18 heteroatoms. The van der Waals surface area contributed by atoms with Crippen LogP contribution in [-0.2, 0) is 66.9 Å². The molecule has 494 valence electrons. The summed E-state index contributed by atoms with van der Waals surface area (Å²) < 4.78 is 35.0. The first-order valence-corrected chi connectivity index (χ1v) is 32.5. The molecule has 4 aliphatic rings. The average Bonchev–Trinajstić information content (AvgIpc) is 2.45. The van der Waals surface area contributed by atoms with Gasteiger partial charge in [-0.3, -0.25) is 19.2 Å². The number of nitrogens with zero attached hydrogens (tertiary/aromatic N) is 4. The Hall–Kier alpha value is -6.59. The van der Waals surface area contributed by atoms with Gasteiger partial charge >= 0.3 is 36.2 Å². The Kier molecular flexibility index (Phi) is 24.5. The largest absolute Gasteiger partial charge is 0.465 e. The van der Waals surface area contributed by atoms with E-state index >= 15 is 0 Å². The van der Waals surface area contributed by atoms with E-state index in [1.54, 1.807) is 14.7 Å². The Morgan fingerprint density at radius 1 is 0.562 bits per heavy atom. The standard InChI is InChI=1S/C71H107N5O13/c1-47(2)46-84-61(78)57(53-27-31-74(43-53)64(81)87-69(9,10)11)38-49-22-19-25-52(36-49)42-73(34-30-72-56-26-20-24-51(37-56)40-59(63(80)86-68(6,7)8)55-29-33-76(45-55)66(83)89-71(15,16)17)60(77)41-50-23-18-21-48(35-50)39-58(62(79)85-67(3,4)5)54-28-32-75(44-54)65(82)88-70(12,13)14/h18-21,23-26,35-37,47,49,53-55,57-59,72H,22,27-34,38-46H2,1-17H3/t49?,53-,54-,55-,57-,58-,59-/m0/s1. The zero-order valence-corrected chi connectivity index (χ0v) is 56.8. The lowest BCUT2D eigenvalue weighted by Crippen LogP contribution is -2.38. The third-order valence-electron chi connectivity index (χ3n) is 16.0. The molecule has 7 atom stereocenters. The van der Waals surface area contributed by atoms with E-state index in [0.29, 0.717) is 110 Å². The minimum Gasteiger partial charge on any atom is -0.465 e. The highest BCUT2D eigenvalue weighted by atomic mass is 16.6. The Morgan fingerprint density at radius 2 is 1.00 bits per heavy atom. The molecule has 0 aromatic heterocycles. The van der Waals surface area contributed by atoms with Gasteiger partial charge in [0.25, 0.3) is 0 Å². The molecule has 1 N–H and O–H groups in total. The summed E-state index contributed by atoms with van der Waals surface area (Å²) in [6, 6.07) is 15.7. The molecule has 3 aliphatic heterocycles. The average molecular weight is 1240 g/mol. The lowest BCUT2D eigenvalue weighted by atomic mass is 9.80. The van der Waals surface area contributed by atoms with E-state index in [0.717, 1.165) is 28.0 Å². The fourth-order valence-corrected chi connectivity index (χ4v) is 12.0. The van der Waals surface area contributed by atoms with Crippen molar-refractivity contribution in [2.45, 2.75) is 197 Å². The molecule has 18 nitrogen and oxygen atoms in total. The maximum atomic E-state index is 15.0. The smallest absolute Gasteiger partial charge is 0.410 e. The fraction of sp³-hybridized carbons (Fsp3) is 0.676. The van der Waals surface area contributed by atoms with Crippen LogP contribution >= 0.6 is 0 Å². The highest BCUT2D eigenvalue weighted by Gasteiger charge is 2.43. The SMILES string of the molecule is CC(C)COC(=O)[C@@H](CC1C=C(CN(CCNc2cccc(C[C@H](C(=O)OC(C)(C)C)[C@H]3CCN(C(=O)OC(C)(C)C)C3)c2)C(=O)Cc2cccc(C[C@H](C(=O)OC(C)(C)C)[C@H]3CCN(C(=O)OC(C)(C)C)C3)c2)C=CC1)[C@H]1CCN(C(=O)OC(C)(C)C)C1. The molecule has 0 radical (unpaired) electrons. The van der Waals surface area contributed by atoms with Gasteiger partial charge in [0.05, 0.1) is 30.8 Å². The van der Waals surface area contributed by atoms with Crippen molar-refractivity contribution in [3.05, 3.63) is 89.0 Å². The van der Waals surface area contributed by atoms with E-state index in [2.05, 4.69) is 23.5 Å². The van der Waals surface area contributed by atoms with Crippen molar-refractivity contribution in [3.63, 3.8) is 0 Å². The number of carbonyl (C=O) groups is 7. The van der Waals surface area contributed by atoms with Gasteiger partial charge in [-0.2, -0.15) is 0 Å². The molecule has 2 aromatic carbocycles. The van der Waals surface area contributed by atoms with Crippen molar-refractivity contribution in [1.82, 2.24) is 19.6 Å². The van der Waals surface area contributed by atoms with Crippen molar-refractivity contribution in [2.24, 2.45) is 47.3 Å². The van der Waals surface area contributed by atoms with Crippen LogP contribution in [0, 0.1) is 47.3 Å². The number of amides is 4. The molecule has 4 amide bonds. The van der Waals surface area contributed by atoms with Gasteiger partial charge in [-0.1, -0.05) is 68.5 Å². The van der Waals surface area contributed by atoms with Crippen LogP contribution in [0.3, 0.4) is 0 Å². The Bertz CT molecular complexity index is 2830. The van der Waals surface area contributed by atoms with Crippen LogP contribution in [-0.4, -0.2) is 155 Å². The van der Waals surface area contributed by atoms with Gasteiger partial charge < -0.3 is 53.3 Å². The van der Waals surface area contributed by atoms with Crippen LogP contribution in [0.15, 0.2) is 72.3 Å². The number of rotatable bonds is 22. The minimum atomic E-state index is -0.728. The summed E-state index contributed by atoms with van der Waals surface area (Å²) in [6.45, 7) is 35.5. The van der Waals surface area contributed by atoms with Crippen LogP contribution in [0.25, 0.3) is 0 Å². The number of nitrogens with one attached hydrogen (secondary N) is 1. The molecule has 3 heterocycles. The number of ether oxygens (including phenoxy) is 6. The quantitative estimate of drug-likeness (QED) is 0.0862. The van der Waals surface area contributed by atoms with Gasteiger partial charge in [0.15, 0.2) is 0 Å². The molecule has 0 bridgehead atoms. The van der Waals surface area contributed by atoms with E-state index in [1.807, 2.05) is 171 Å². The van der Waals surface area contributed by atoms with Crippen LogP contribution in [0.1, 0.15) is 166 Å². The zero-order chi connectivity index (χ0) is 65.8. The topological polar surface area (TPSA) is 200 Å². The molecule has 1 aliphatic carbocycles. The van der Waals surface area contributed by atoms with Crippen LogP contribution in [0.4, 0.5) is 20.1 Å². The van der Waals surface area contributed by atoms with Gasteiger partial charge in [0.2, 0.25) is 5.91 Å². The Morgan fingerprint density at radius 3 is 1.46 bits per heavy atom. The number of anilines is 1. The van der Waals surface area contributed by atoms with Gasteiger partial charge in [-0.15, -0.1) is 0 Å². The van der Waals surface area contributed by atoms with E-state index < -0.39 is 64.0 Å². The molecular weight excluding hydrogens is 1130 g/mol. The van der Waals surface area contributed by atoms with E-state index in [1.165, 1.54) is 0 Å². The number of hydrogen-bond donors (Lipinski definition) is 1. The van der Waals surface area contributed by atoms with Crippen LogP contribution < -0.4 is 5.32 Å². The fourth-order valence-electron chi connectivity index (χ4n) is 12.0. The molecule has 2 aromatic rings. The second kappa shape index (κ2) is 30.5. The van der Waals surface area contributed by atoms with Gasteiger partial charge in [0, 0.05) is 64.6 Å². The van der Waals surface area contributed by atoms with Crippen molar-refractivity contribution in [3.8, 4) is 0 Å². The third kappa shape index (κ3) is 23.9. The monoisotopic (exact) mass is 1240 g/mol. The zero-order valence-electron chi connectivity index (χ0n) is 56.8. The van der Waals surface area contributed by atoms with Gasteiger partial charge in [-0.05, 0) is 213 Å². The van der Waals surface area contributed by atoms with Crippen molar-refractivity contribution >= 4 is 47.8 Å². The summed E-state index contributed by atoms with van der Waals surface area (Å²) in [7, 11) is 0. The maximum Gasteiger partial charge on any atom is 0.410 e. The summed E-state index contributed by atoms with van der Waals surface area (Å²) in [5, 5.41) is 3.57. The van der Waals surface area contributed by atoms with Crippen molar-refractivity contribution < 1.29 is 62.0 Å². The van der Waals surface area contributed by atoms with E-state index in [9.17, 15) is 33.6 Å². The summed E-state index contributed by atoms with van der Waals surface area (Å²) in [6.07, 6.45) is 9.07. The minimum absolute atomic E-state index is 0.0419. The predicted octanol–water partition coefficient (Wildman–Crippen LogP) is 12.6. The molecule has 0 spiro atoms. The van der Waals surface area contributed by atoms with Gasteiger partial charge in [0.1, 0.15) is 28.0 Å². The molecule has 0 saturated carbocycles. The van der Waals surface area contributed by atoms with Crippen LogP contribution in [0.5, 0.6) is 0 Å². The summed E-state index contributed by atoms with van der Waals surface area (Å²) in [4.78, 5) is 103. The van der Waals surface area contributed by atoms with Crippen molar-refractivity contribution in [1.29, 1.82) is 0 Å². The molecule has 3 fully saturated rings. The summed E-state index contributed by atoms with van der Waals surface area (Å²) in [5.41, 5.74) is 0.913. The third-order valence-corrected chi connectivity index (χ3v) is 16.0. The number of esters is 3. The highest BCUT2D eigenvalue weighted by molar-refractivity contribution is 5.80. The molecule has 89 heavy (non-hydrogen) atoms. The van der Waals surface area contributed by atoms with Gasteiger partial charge in [-0.25, -0.2) is 14.4 Å². The summed E-state index contributed by atoms with van der Waals surface area (Å²) in [5.74, 6) is -2.88. The molecule has 6 rings (SSSR count). The number of allylic oxidation sites excluding steroid dienone is 2. The predicted molar refractivity (Wildman–Crippen MR) is 345 cm³/mol. The lowest BCUT2D eigenvalue weighted by molar-refractivity contribution is -0.163. The summed E-state index contributed by atoms with van der Waals surface area (Å²) >= 11 is 0. The highest BCUT2D eigenvalue weighted by Crippen LogP contribution is 2.36.